The summed E-state index contributed by atoms with van der Waals surface area (Å²) in [6.45, 7) is -0.370. The number of ether oxygens (including phenoxy) is 2. The monoisotopic (exact) mass is 821 g/mol. The number of aromatic nitrogens is 1. The molecule has 1 aromatic heterocycles. The number of thiazole rings is 1. The molecule has 16 nitrogen and oxygen atoms in total. The predicted molar refractivity (Wildman–Crippen MR) is 211 cm³/mol. The van der Waals surface area contributed by atoms with Crippen molar-refractivity contribution in [2.45, 2.75) is 94.5 Å². The maximum absolute atomic E-state index is 14.5. The van der Waals surface area contributed by atoms with E-state index in [1.54, 1.807) is 11.5 Å². The zero-order valence-electron chi connectivity index (χ0n) is 31.4. The van der Waals surface area contributed by atoms with Crippen molar-refractivity contribution in [1.82, 2.24) is 30.1 Å². The summed E-state index contributed by atoms with van der Waals surface area (Å²) in [6.07, 6.45) is 10.0. The Morgan fingerprint density at radius 1 is 0.982 bits per heavy atom. The number of nitrogens with one attached hydrogen (secondary N) is 4. The number of alkyl carbamates (subject to hydrolysis) is 1. The van der Waals surface area contributed by atoms with E-state index >= 15 is 0 Å². The molecular formula is C39H47N7O9S2. The maximum atomic E-state index is 14.5. The van der Waals surface area contributed by atoms with E-state index in [9.17, 15) is 32.4 Å². The van der Waals surface area contributed by atoms with Crippen LogP contribution in [0.4, 0.5) is 14.7 Å². The number of hydrogen-bond donors (Lipinski definition) is 4. The molecule has 5 amide bonds. The van der Waals surface area contributed by atoms with Gasteiger partial charge in [0.25, 0.3) is 5.91 Å². The van der Waals surface area contributed by atoms with Crippen molar-refractivity contribution in [2.24, 2.45) is 5.92 Å². The van der Waals surface area contributed by atoms with E-state index < -0.39 is 63.7 Å². The van der Waals surface area contributed by atoms with Crippen molar-refractivity contribution >= 4 is 67.4 Å². The number of anilines is 1. The highest BCUT2D eigenvalue weighted by atomic mass is 32.2. The van der Waals surface area contributed by atoms with Gasteiger partial charge >= 0.3 is 22.4 Å². The summed E-state index contributed by atoms with van der Waals surface area (Å²) in [6, 6.07) is 11.1. The number of nitrogens with zero attached hydrogens (tertiary/aromatic N) is 3. The molecule has 7 rings (SSSR count). The fraction of sp³-hybridized carbons (Fsp3) is 0.487. The van der Waals surface area contributed by atoms with E-state index in [4.69, 9.17) is 9.47 Å². The van der Waals surface area contributed by atoms with Crippen LogP contribution in [-0.4, -0.2) is 96.5 Å². The first-order valence-corrected chi connectivity index (χ1v) is 21.8. The molecule has 3 fully saturated rings. The molecule has 2 aliphatic carbocycles. The highest BCUT2D eigenvalue weighted by Crippen LogP contribution is 2.45. The summed E-state index contributed by atoms with van der Waals surface area (Å²) in [5, 5.41) is 9.08. The second-order valence-electron chi connectivity index (χ2n) is 14.9. The van der Waals surface area contributed by atoms with E-state index in [0.717, 1.165) is 66.2 Å². The normalized spacial score (nSPS) is 25.2. The highest BCUT2D eigenvalue weighted by Gasteiger charge is 2.61. The molecule has 57 heavy (non-hydrogen) atoms. The van der Waals surface area contributed by atoms with E-state index in [-0.39, 0.29) is 43.9 Å². The number of carbonyl (C=O) groups excluding carboxylic acids is 5. The summed E-state index contributed by atoms with van der Waals surface area (Å²) in [4.78, 5) is 76.0. The lowest BCUT2D eigenvalue weighted by molar-refractivity contribution is -0.146. The van der Waals surface area contributed by atoms with Gasteiger partial charge in [-0.3, -0.25) is 14.4 Å². The molecule has 0 bridgehead atoms. The maximum Gasteiger partial charge on any atom is 0.410 e. The fourth-order valence-corrected chi connectivity index (χ4v) is 9.49. The van der Waals surface area contributed by atoms with Gasteiger partial charge in [-0.15, -0.1) is 11.3 Å². The van der Waals surface area contributed by atoms with Crippen LogP contribution in [0.1, 0.15) is 69.8 Å². The van der Waals surface area contributed by atoms with Crippen LogP contribution in [0.15, 0.2) is 66.2 Å². The second kappa shape index (κ2) is 17.5. The Morgan fingerprint density at radius 3 is 2.58 bits per heavy atom. The minimum Gasteiger partial charge on any atom is -0.446 e. The van der Waals surface area contributed by atoms with Gasteiger partial charge in [0, 0.05) is 30.6 Å². The lowest BCUT2D eigenvalue weighted by Gasteiger charge is -2.41. The number of piperazine rings is 1. The zero-order valence-corrected chi connectivity index (χ0v) is 33.0. The smallest absolute Gasteiger partial charge is 0.410 e. The van der Waals surface area contributed by atoms with Crippen molar-refractivity contribution in [3.8, 4) is 0 Å². The molecule has 2 aromatic carbocycles. The van der Waals surface area contributed by atoms with E-state index in [1.807, 2.05) is 53.3 Å². The summed E-state index contributed by atoms with van der Waals surface area (Å²) in [5.74, 6) is -2.81. The van der Waals surface area contributed by atoms with Gasteiger partial charge in [0.2, 0.25) is 11.8 Å². The number of fused-ring (bicyclic) bond motifs is 3. The summed E-state index contributed by atoms with van der Waals surface area (Å²) in [7, 11) is -4.43. The molecule has 18 heteroatoms. The molecule has 4 atom stereocenters. The minimum absolute atomic E-state index is 0.0286. The van der Waals surface area contributed by atoms with E-state index in [2.05, 4.69) is 20.3 Å². The summed E-state index contributed by atoms with van der Waals surface area (Å²) in [5.41, 5.74) is -0.875. The average Bonchev–Trinajstić information content (AvgIpc) is 3.48. The molecule has 1 saturated heterocycles. The lowest BCUT2D eigenvalue weighted by Crippen LogP contribution is -2.66. The minimum atomic E-state index is -4.43. The van der Waals surface area contributed by atoms with Crippen molar-refractivity contribution in [3.05, 3.63) is 71.8 Å². The fourth-order valence-electron chi connectivity index (χ4n) is 7.84. The topological polar surface area (TPSA) is 205 Å². The van der Waals surface area contributed by atoms with E-state index in [1.165, 1.54) is 16.0 Å². The van der Waals surface area contributed by atoms with Gasteiger partial charge in [-0.25, -0.2) is 24.0 Å². The van der Waals surface area contributed by atoms with Crippen molar-refractivity contribution in [3.63, 3.8) is 0 Å². The van der Waals surface area contributed by atoms with Gasteiger partial charge in [0.1, 0.15) is 30.3 Å². The highest BCUT2D eigenvalue weighted by molar-refractivity contribution is 7.91. The Hall–Kier alpha value is -5.23. The number of amides is 5. The number of benzene rings is 2. The first kappa shape index (κ1) is 40.0. The Labute approximate surface area is 334 Å². The van der Waals surface area contributed by atoms with Crippen LogP contribution in [0.25, 0.3) is 10.8 Å². The SMILES string of the molecule is O=C(N[C@H]1CCCCC/C=C/C2C[C@]2(C(=O)NS(=O)(=O)Nc2nccs2)NC(=O)[C@@H]2CN(C(=O)OCc3cccc4ccccc34)CCN2C1=O)OC1CCCC1. The number of hydrogen-bond acceptors (Lipinski definition) is 11. The molecule has 2 saturated carbocycles. The van der Waals surface area contributed by atoms with Gasteiger partial charge in [-0.2, -0.15) is 8.42 Å². The van der Waals surface area contributed by atoms with E-state index in [0.29, 0.717) is 19.3 Å². The number of carbonyl (C=O) groups is 5. The molecule has 4 N–H and O–H groups in total. The van der Waals surface area contributed by atoms with Crippen LogP contribution in [-0.2, 0) is 40.7 Å². The van der Waals surface area contributed by atoms with Crippen molar-refractivity contribution < 1.29 is 41.9 Å². The largest absolute Gasteiger partial charge is 0.446 e. The van der Waals surface area contributed by atoms with Crippen molar-refractivity contribution in [1.29, 1.82) is 0 Å². The summed E-state index contributed by atoms with van der Waals surface area (Å²) >= 11 is 1.02. The predicted octanol–water partition coefficient (Wildman–Crippen LogP) is 4.35. The van der Waals surface area contributed by atoms with Gasteiger partial charge in [-0.1, -0.05) is 67.5 Å². The molecule has 2 aliphatic heterocycles. The summed E-state index contributed by atoms with van der Waals surface area (Å²) < 4.78 is 41.6. The van der Waals surface area contributed by atoms with Gasteiger partial charge < -0.3 is 29.9 Å². The second-order valence-corrected chi connectivity index (χ2v) is 17.2. The van der Waals surface area contributed by atoms with Gasteiger partial charge in [0.15, 0.2) is 5.13 Å². The van der Waals surface area contributed by atoms with Crippen LogP contribution in [0.2, 0.25) is 0 Å². The van der Waals surface area contributed by atoms with Crippen LogP contribution in [0, 0.1) is 5.92 Å². The molecule has 3 heterocycles. The molecular weight excluding hydrogens is 775 g/mol. The molecule has 4 aliphatic rings. The third kappa shape index (κ3) is 9.67. The lowest BCUT2D eigenvalue weighted by atomic mass is 10.0. The standard InChI is InChI=1S/C39H47N7O9S2/c47-33-32-24-45(38(51)54-25-27-13-10-12-26-11-6-9-17-30(26)27)20-21-46(32)34(48)31(41-37(50)55-29-15-7-8-16-29)18-5-3-1-2-4-14-28-23-39(28,42-33)35(49)43-57(52,53)44-36-40-19-22-56-36/h4,6,9-14,17,19,22,28-29,31-32H,1-3,5,7-8,15-16,18,20-21,23-25H2,(H,40,44)(H,41,50)(H,42,47)(H,43,49)/b14-4+/t28?,31-,32-,39-/m0/s1. The van der Waals surface area contributed by atoms with Gasteiger partial charge in [0.05, 0.1) is 6.54 Å². The molecule has 0 spiro atoms. The first-order valence-electron chi connectivity index (χ1n) is 19.4. The Balaban J connectivity index is 1.13. The number of allylic oxidation sites excluding steroid dienone is 1. The van der Waals surface area contributed by atoms with Crippen LogP contribution in [0.5, 0.6) is 0 Å². The zero-order chi connectivity index (χ0) is 40.0. The molecule has 304 valence electrons. The van der Waals surface area contributed by atoms with Gasteiger partial charge in [-0.05, 0) is 67.7 Å². The molecule has 0 radical (unpaired) electrons. The Morgan fingerprint density at radius 2 is 1.77 bits per heavy atom. The molecule has 3 aromatic rings. The first-order chi connectivity index (χ1) is 27.5. The van der Waals surface area contributed by atoms with Crippen molar-refractivity contribution in [2.75, 3.05) is 24.4 Å². The molecule has 1 unspecified atom stereocenters. The quantitative estimate of drug-likeness (QED) is 0.237. The van der Waals surface area contributed by atoms with Crippen LogP contribution < -0.4 is 20.1 Å². The Bertz CT molecular complexity index is 2100. The average molecular weight is 822 g/mol. The number of rotatable bonds is 8. The third-order valence-corrected chi connectivity index (χ3v) is 12.7. The third-order valence-electron chi connectivity index (χ3n) is 11.0. The van der Waals surface area contributed by atoms with Crippen LogP contribution >= 0.6 is 11.3 Å². The van der Waals surface area contributed by atoms with Crippen LogP contribution in [0.3, 0.4) is 0 Å². The Kier molecular flexibility index (Phi) is 12.3.